The van der Waals surface area contributed by atoms with E-state index in [4.69, 9.17) is 5.73 Å². The van der Waals surface area contributed by atoms with Crippen LogP contribution in [0.4, 0.5) is 11.5 Å². The van der Waals surface area contributed by atoms with Gasteiger partial charge in [0, 0.05) is 49.0 Å². The molecular formula is C25H27N5O. The van der Waals surface area contributed by atoms with Crippen molar-refractivity contribution in [1.29, 1.82) is 0 Å². The Morgan fingerprint density at radius 3 is 2.61 bits per heavy atom. The van der Waals surface area contributed by atoms with Gasteiger partial charge in [0.05, 0.1) is 5.70 Å². The summed E-state index contributed by atoms with van der Waals surface area (Å²) in [5.74, 6) is 1.17. The molecule has 0 unspecified atom stereocenters. The number of piperazine rings is 1. The van der Waals surface area contributed by atoms with Gasteiger partial charge in [0.2, 0.25) is 0 Å². The highest BCUT2D eigenvalue weighted by atomic mass is 16.3. The number of benzene rings is 3. The van der Waals surface area contributed by atoms with Crippen LogP contribution in [0.2, 0.25) is 0 Å². The molecule has 0 amide bonds. The molecule has 31 heavy (non-hydrogen) atoms. The Morgan fingerprint density at radius 2 is 1.77 bits per heavy atom. The highest BCUT2D eigenvalue weighted by molar-refractivity contribution is 5.95. The second-order valence-electron chi connectivity index (χ2n) is 8.20. The fourth-order valence-electron chi connectivity index (χ4n) is 4.19. The zero-order valence-corrected chi connectivity index (χ0v) is 17.6. The number of aromatic amines is 1. The molecule has 0 bridgehead atoms. The molecule has 1 aromatic heterocycles. The number of hydrogen-bond acceptors (Lipinski definition) is 5. The van der Waals surface area contributed by atoms with Gasteiger partial charge in [-0.05, 0) is 59.8 Å². The minimum absolute atomic E-state index is 0.264. The summed E-state index contributed by atoms with van der Waals surface area (Å²) in [7, 11) is 2.17. The van der Waals surface area contributed by atoms with Gasteiger partial charge in [-0.2, -0.15) is 0 Å². The van der Waals surface area contributed by atoms with Gasteiger partial charge in [-0.3, -0.25) is 0 Å². The lowest BCUT2D eigenvalue weighted by atomic mass is 10.1. The van der Waals surface area contributed by atoms with Crippen molar-refractivity contribution in [3.05, 3.63) is 72.4 Å². The van der Waals surface area contributed by atoms with Crippen LogP contribution in [0.5, 0.6) is 5.75 Å². The first-order valence-electron chi connectivity index (χ1n) is 10.6. The molecule has 1 saturated heterocycles. The van der Waals surface area contributed by atoms with Gasteiger partial charge in [-0.25, -0.2) is 0 Å². The number of nitrogens with two attached hydrogens (primary N) is 1. The second kappa shape index (κ2) is 7.89. The molecule has 0 saturated carbocycles. The molecule has 1 aliphatic rings. The summed E-state index contributed by atoms with van der Waals surface area (Å²) in [6, 6.07) is 19.8. The highest BCUT2D eigenvalue weighted by Gasteiger charge is 2.17. The van der Waals surface area contributed by atoms with E-state index in [9.17, 15) is 5.11 Å². The Bertz CT molecular complexity index is 1270. The third kappa shape index (κ3) is 3.90. The fourth-order valence-corrected chi connectivity index (χ4v) is 4.19. The SMILES string of the molecule is CN1CCN(c2cccc3[nH]c(N/C=C(\N)c4ccc5cc(O)ccc5c4)cc23)CC1. The minimum atomic E-state index is 0.264. The average molecular weight is 414 g/mol. The Balaban J connectivity index is 1.38. The summed E-state index contributed by atoms with van der Waals surface area (Å²) >= 11 is 0. The van der Waals surface area contributed by atoms with Crippen LogP contribution in [0.3, 0.4) is 0 Å². The zero-order valence-electron chi connectivity index (χ0n) is 17.6. The van der Waals surface area contributed by atoms with Gasteiger partial charge < -0.3 is 30.9 Å². The first kappa shape index (κ1) is 19.3. The Morgan fingerprint density at radius 1 is 1.00 bits per heavy atom. The molecule has 0 aliphatic carbocycles. The molecule has 0 radical (unpaired) electrons. The summed E-state index contributed by atoms with van der Waals surface area (Å²) in [5, 5.41) is 16.2. The van der Waals surface area contributed by atoms with E-state index < -0.39 is 0 Å². The molecule has 1 fully saturated rings. The molecule has 3 aromatic carbocycles. The Labute approximate surface area is 181 Å². The van der Waals surface area contributed by atoms with Gasteiger partial charge in [-0.15, -0.1) is 0 Å². The summed E-state index contributed by atoms with van der Waals surface area (Å²) in [4.78, 5) is 8.27. The van der Waals surface area contributed by atoms with E-state index in [-0.39, 0.29) is 5.75 Å². The molecule has 6 heteroatoms. The second-order valence-corrected chi connectivity index (χ2v) is 8.20. The predicted molar refractivity (Wildman–Crippen MR) is 129 cm³/mol. The minimum Gasteiger partial charge on any atom is -0.508 e. The number of phenols is 1. The highest BCUT2D eigenvalue weighted by Crippen LogP contribution is 2.30. The molecule has 2 heterocycles. The van der Waals surface area contributed by atoms with Crippen LogP contribution in [-0.2, 0) is 0 Å². The number of aromatic nitrogens is 1. The number of nitrogens with zero attached hydrogens (tertiary/aromatic N) is 2. The fraction of sp³-hybridized carbons (Fsp3) is 0.200. The van der Waals surface area contributed by atoms with Crippen molar-refractivity contribution in [3.8, 4) is 5.75 Å². The number of fused-ring (bicyclic) bond motifs is 2. The smallest absolute Gasteiger partial charge is 0.116 e. The molecule has 158 valence electrons. The van der Waals surface area contributed by atoms with Crippen molar-refractivity contribution in [1.82, 2.24) is 9.88 Å². The van der Waals surface area contributed by atoms with Crippen molar-refractivity contribution in [2.45, 2.75) is 0 Å². The van der Waals surface area contributed by atoms with E-state index >= 15 is 0 Å². The van der Waals surface area contributed by atoms with E-state index in [0.717, 1.165) is 53.8 Å². The van der Waals surface area contributed by atoms with Gasteiger partial charge in [0.15, 0.2) is 0 Å². The average Bonchev–Trinajstić information content (AvgIpc) is 3.21. The molecule has 4 aromatic rings. The molecule has 6 nitrogen and oxygen atoms in total. The van der Waals surface area contributed by atoms with Crippen LogP contribution in [0.1, 0.15) is 5.56 Å². The van der Waals surface area contributed by atoms with Crippen molar-refractivity contribution in [3.63, 3.8) is 0 Å². The monoisotopic (exact) mass is 413 g/mol. The van der Waals surface area contributed by atoms with Crippen LogP contribution in [0, 0.1) is 0 Å². The first-order chi connectivity index (χ1) is 15.1. The zero-order chi connectivity index (χ0) is 21.4. The van der Waals surface area contributed by atoms with Crippen molar-refractivity contribution in [2.75, 3.05) is 43.4 Å². The topological polar surface area (TPSA) is 80.5 Å². The number of H-pyrrole nitrogens is 1. The van der Waals surface area contributed by atoms with E-state index in [1.54, 1.807) is 12.1 Å². The van der Waals surface area contributed by atoms with Crippen LogP contribution >= 0.6 is 0 Å². The number of aromatic hydroxyl groups is 1. The van der Waals surface area contributed by atoms with E-state index in [1.165, 1.54) is 11.1 Å². The quantitative estimate of drug-likeness (QED) is 0.404. The van der Waals surface area contributed by atoms with Crippen molar-refractivity contribution < 1.29 is 5.11 Å². The number of likely N-dealkylation sites (N-methyl/N-ethyl adjacent to an activating group) is 1. The summed E-state index contributed by atoms with van der Waals surface area (Å²) in [5.41, 5.74) is 10.3. The molecular weight excluding hydrogens is 386 g/mol. The first-order valence-corrected chi connectivity index (χ1v) is 10.6. The van der Waals surface area contributed by atoms with Gasteiger partial charge >= 0.3 is 0 Å². The van der Waals surface area contributed by atoms with Crippen LogP contribution < -0.4 is 16.0 Å². The maximum atomic E-state index is 9.64. The third-order valence-electron chi connectivity index (χ3n) is 6.03. The lowest BCUT2D eigenvalue weighted by Crippen LogP contribution is -2.44. The van der Waals surface area contributed by atoms with Crippen LogP contribution in [0.25, 0.3) is 27.4 Å². The van der Waals surface area contributed by atoms with Crippen molar-refractivity contribution >= 4 is 38.9 Å². The van der Waals surface area contributed by atoms with E-state index in [2.05, 4.69) is 51.4 Å². The van der Waals surface area contributed by atoms with E-state index in [0.29, 0.717) is 5.70 Å². The van der Waals surface area contributed by atoms with Crippen molar-refractivity contribution in [2.24, 2.45) is 5.73 Å². The number of hydrogen-bond donors (Lipinski definition) is 4. The lowest BCUT2D eigenvalue weighted by molar-refractivity contribution is 0.313. The third-order valence-corrected chi connectivity index (χ3v) is 6.03. The summed E-state index contributed by atoms with van der Waals surface area (Å²) in [6.07, 6.45) is 1.82. The maximum Gasteiger partial charge on any atom is 0.116 e. The van der Waals surface area contributed by atoms with Gasteiger partial charge in [0.1, 0.15) is 11.6 Å². The van der Waals surface area contributed by atoms with E-state index in [1.807, 2.05) is 30.5 Å². The lowest BCUT2D eigenvalue weighted by Gasteiger charge is -2.34. The number of nitrogens with one attached hydrogen (secondary N) is 2. The number of phenolic OH excluding ortho intramolecular Hbond substituents is 1. The summed E-state index contributed by atoms with van der Waals surface area (Å²) in [6.45, 7) is 4.24. The Hall–Kier alpha value is -3.64. The number of rotatable bonds is 4. The van der Waals surface area contributed by atoms with Crippen LogP contribution in [-0.4, -0.2) is 48.2 Å². The van der Waals surface area contributed by atoms with Gasteiger partial charge in [-0.1, -0.05) is 24.3 Å². The molecule has 5 rings (SSSR count). The molecule has 1 aliphatic heterocycles. The maximum absolute atomic E-state index is 9.64. The molecule has 0 spiro atoms. The largest absolute Gasteiger partial charge is 0.508 e. The Kier molecular flexibility index (Phi) is 4.92. The summed E-state index contributed by atoms with van der Waals surface area (Å²) < 4.78 is 0. The van der Waals surface area contributed by atoms with Crippen LogP contribution in [0.15, 0.2) is 66.9 Å². The molecule has 5 N–H and O–H groups in total. The van der Waals surface area contributed by atoms with Gasteiger partial charge in [0.25, 0.3) is 0 Å². The normalized spacial score (nSPS) is 15.6. The molecule has 0 atom stereocenters. The number of anilines is 2. The predicted octanol–water partition coefficient (Wildman–Crippen LogP) is 4.15. The standard InChI is InChI=1S/C25H27N5O/c1-29-9-11-30(12-10-29)24-4-2-3-23-21(24)15-25(28-23)27-16-22(26)19-6-5-18-14-20(31)8-7-17(18)13-19/h2-8,13-16,27-28,31H,9-12,26H2,1H3/b22-16-.